The zero-order chi connectivity index (χ0) is 20.3. The summed E-state index contributed by atoms with van der Waals surface area (Å²) in [6, 6.07) is 7.58. The van der Waals surface area contributed by atoms with Crippen LogP contribution in [0.4, 0.5) is 0 Å². The van der Waals surface area contributed by atoms with Gasteiger partial charge in [-0.3, -0.25) is 4.79 Å². The minimum atomic E-state index is -1.01. The Morgan fingerprint density at radius 2 is 1.96 bits per heavy atom. The molecular formula is C20H21N3O4S. The SMILES string of the molecule is Cc1ccc(-c2cnc(CCC(=O)NC(C)c3nc(C)c(C(=O)O)s3)o2)cc1. The molecule has 0 aliphatic carbocycles. The molecule has 3 rings (SSSR count). The minimum absolute atomic E-state index is 0.174. The smallest absolute Gasteiger partial charge is 0.347 e. The van der Waals surface area contributed by atoms with E-state index in [4.69, 9.17) is 9.52 Å². The summed E-state index contributed by atoms with van der Waals surface area (Å²) in [7, 11) is 0. The number of aryl methyl sites for hydroxylation is 3. The zero-order valence-electron chi connectivity index (χ0n) is 15.9. The molecule has 0 spiro atoms. The molecule has 3 aromatic rings. The molecule has 28 heavy (non-hydrogen) atoms. The van der Waals surface area contributed by atoms with Gasteiger partial charge in [-0.15, -0.1) is 11.3 Å². The van der Waals surface area contributed by atoms with Crippen LogP contribution in [-0.2, 0) is 11.2 Å². The van der Waals surface area contributed by atoms with E-state index < -0.39 is 5.97 Å². The number of carboxylic acids is 1. The molecule has 0 aliphatic rings. The summed E-state index contributed by atoms with van der Waals surface area (Å²) in [6.07, 6.45) is 2.25. The first-order valence-electron chi connectivity index (χ1n) is 8.85. The van der Waals surface area contributed by atoms with Crippen LogP contribution in [0.1, 0.15) is 51.2 Å². The summed E-state index contributed by atoms with van der Waals surface area (Å²) in [6.45, 7) is 5.44. The summed E-state index contributed by atoms with van der Waals surface area (Å²) in [5, 5.41) is 12.5. The Balaban J connectivity index is 1.55. The Labute approximate surface area is 166 Å². The zero-order valence-corrected chi connectivity index (χ0v) is 16.7. The van der Waals surface area contributed by atoms with Crippen molar-refractivity contribution in [1.82, 2.24) is 15.3 Å². The average molecular weight is 399 g/mol. The summed E-state index contributed by atoms with van der Waals surface area (Å²) >= 11 is 1.08. The van der Waals surface area contributed by atoms with Gasteiger partial charge in [0.1, 0.15) is 9.88 Å². The van der Waals surface area contributed by atoms with Crippen molar-refractivity contribution in [3.05, 3.63) is 57.5 Å². The van der Waals surface area contributed by atoms with E-state index in [1.165, 1.54) is 5.56 Å². The van der Waals surface area contributed by atoms with E-state index in [-0.39, 0.29) is 23.2 Å². The molecule has 0 fully saturated rings. The number of hydrogen-bond acceptors (Lipinski definition) is 6. The summed E-state index contributed by atoms with van der Waals surface area (Å²) in [5.74, 6) is -0.0137. The van der Waals surface area contributed by atoms with Gasteiger partial charge in [0.2, 0.25) is 5.91 Å². The predicted octanol–water partition coefficient (Wildman–Crippen LogP) is 3.92. The van der Waals surface area contributed by atoms with E-state index in [1.54, 1.807) is 20.0 Å². The summed E-state index contributed by atoms with van der Waals surface area (Å²) < 4.78 is 5.73. The van der Waals surface area contributed by atoms with Crippen molar-refractivity contribution >= 4 is 23.2 Å². The lowest BCUT2D eigenvalue weighted by Gasteiger charge is -2.10. The van der Waals surface area contributed by atoms with Crippen molar-refractivity contribution in [2.24, 2.45) is 0 Å². The summed E-state index contributed by atoms with van der Waals surface area (Å²) in [5.41, 5.74) is 2.56. The lowest BCUT2D eigenvalue weighted by atomic mass is 10.1. The van der Waals surface area contributed by atoms with E-state index in [0.717, 1.165) is 16.9 Å². The number of hydrogen-bond donors (Lipinski definition) is 2. The van der Waals surface area contributed by atoms with Crippen LogP contribution < -0.4 is 5.32 Å². The quantitative estimate of drug-likeness (QED) is 0.624. The molecule has 1 unspecified atom stereocenters. The van der Waals surface area contributed by atoms with Crippen molar-refractivity contribution < 1.29 is 19.1 Å². The third-order valence-corrected chi connectivity index (χ3v) is 5.54. The number of nitrogens with zero attached hydrogens (tertiary/aromatic N) is 2. The second kappa shape index (κ2) is 8.35. The van der Waals surface area contributed by atoms with Crippen molar-refractivity contribution in [2.75, 3.05) is 0 Å². The van der Waals surface area contributed by atoms with E-state index in [1.807, 2.05) is 31.2 Å². The molecule has 0 radical (unpaired) electrons. The van der Waals surface area contributed by atoms with Crippen molar-refractivity contribution in [3.63, 3.8) is 0 Å². The Bertz CT molecular complexity index is 991. The molecule has 2 aromatic heterocycles. The van der Waals surface area contributed by atoms with Crippen LogP contribution in [0.3, 0.4) is 0 Å². The Kier molecular flexibility index (Phi) is 5.89. The molecule has 0 saturated carbocycles. The molecule has 1 amide bonds. The van der Waals surface area contributed by atoms with Crippen LogP contribution in [-0.4, -0.2) is 27.0 Å². The first kappa shape index (κ1) is 19.8. The van der Waals surface area contributed by atoms with Gasteiger partial charge in [-0.1, -0.05) is 29.8 Å². The first-order chi connectivity index (χ1) is 13.3. The number of benzene rings is 1. The molecule has 1 atom stereocenters. The van der Waals surface area contributed by atoms with E-state index in [9.17, 15) is 9.59 Å². The summed E-state index contributed by atoms with van der Waals surface area (Å²) in [4.78, 5) is 32.0. The number of rotatable bonds is 7. The molecular weight excluding hydrogens is 378 g/mol. The number of carbonyl (C=O) groups excluding carboxylic acids is 1. The van der Waals surface area contributed by atoms with Gasteiger partial charge in [0.25, 0.3) is 0 Å². The topological polar surface area (TPSA) is 105 Å². The molecule has 1 aromatic carbocycles. The molecule has 2 N–H and O–H groups in total. The van der Waals surface area contributed by atoms with Gasteiger partial charge in [0, 0.05) is 18.4 Å². The van der Waals surface area contributed by atoms with Crippen molar-refractivity contribution in [3.8, 4) is 11.3 Å². The number of nitrogens with one attached hydrogen (secondary N) is 1. The maximum absolute atomic E-state index is 12.2. The largest absolute Gasteiger partial charge is 0.477 e. The Morgan fingerprint density at radius 1 is 1.25 bits per heavy atom. The number of carbonyl (C=O) groups is 2. The highest BCUT2D eigenvalue weighted by Gasteiger charge is 2.19. The second-order valence-electron chi connectivity index (χ2n) is 6.55. The van der Waals surface area contributed by atoms with Crippen LogP contribution in [0.15, 0.2) is 34.9 Å². The fourth-order valence-corrected chi connectivity index (χ4v) is 3.58. The van der Waals surface area contributed by atoms with Crippen LogP contribution in [0, 0.1) is 13.8 Å². The molecule has 2 heterocycles. The number of aromatic carboxylic acids is 1. The van der Waals surface area contributed by atoms with Crippen LogP contribution in [0.25, 0.3) is 11.3 Å². The third-order valence-electron chi connectivity index (χ3n) is 4.21. The van der Waals surface area contributed by atoms with Crippen molar-refractivity contribution in [2.45, 2.75) is 39.7 Å². The highest BCUT2D eigenvalue weighted by Crippen LogP contribution is 2.24. The van der Waals surface area contributed by atoms with E-state index in [0.29, 0.717) is 28.8 Å². The lowest BCUT2D eigenvalue weighted by Crippen LogP contribution is -2.26. The van der Waals surface area contributed by atoms with Gasteiger partial charge >= 0.3 is 5.97 Å². The van der Waals surface area contributed by atoms with E-state index >= 15 is 0 Å². The monoisotopic (exact) mass is 399 g/mol. The fourth-order valence-electron chi connectivity index (χ4n) is 2.67. The minimum Gasteiger partial charge on any atom is -0.477 e. The normalized spacial score (nSPS) is 12.0. The maximum atomic E-state index is 12.2. The predicted molar refractivity (Wildman–Crippen MR) is 105 cm³/mol. The molecule has 0 aliphatic heterocycles. The van der Waals surface area contributed by atoms with E-state index in [2.05, 4.69) is 15.3 Å². The van der Waals surface area contributed by atoms with Gasteiger partial charge in [-0.2, -0.15) is 0 Å². The Hall–Kier alpha value is -3.00. The third kappa shape index (κ3) is 4.64. The number of aromatic nitrogens is 2. The molecule has 0 bridgehead atoms. The molecule has 0 saturated heterocycles. The molecule has 146 valence electrons. The average Bonchev–Trinajstić information content (AvgIpc) is 3.27. The Morgan fingerprint density at radius 3 is 2.61 bits per heavy atom. The van der Waals surface area contributed by atoms with Crippen LogP contribution >= 0.6 is 11.3 Å². The van der Waals surface area contributed by atoms with Gasteiger partial charge in [0.05, 0.1) is 17.9 Å². The number of amides is 1. The number of carboxylic acid groups (broad SMARTS) is 1. The van der Waals surface area contributed by atoms with Gasteiger partial charge in [-0.25, -0.2) is 14.8 Å². The highest BCUT2D eigenvalue weighted by atomic mass is 32.1. The van der Waals surface area contributed by atoms with Gasteiger partial charge in [-0.05, 0) is 20.8 Å². The molecule has 8 heteroatoms. The molecule has 7 nitrogen and oxygen atoms in total. The highest BCUT2D eigenvalue weighted by molar-refractivity contribution is 7.13. The van der Waals surface area contributed by atoms with Crippen molar-refractivity contribution in [1.29, 1.82) is 0 Å². The second-order valence-corrected chi connectivity index (χ2v) is 7.58. The van der Waals surface area contributed by atoms with Gasteiger partial charge < -0.3 is 14.8 Å². The van der Waals surface area contributed by atoms with Crippen LogP contribution in [0.5, 0.6) is 0 Å². The number of oxazole rings is 1. The first-order valence-corrected chi connectivity index (χ1v) is 9.67. The standard InChI is InChI=1S/C20H21N3O4S/c1-11-4-6-14(7-5-11)15-10-21-17(27-15)9-8-16(24)22-13(3)19-23-12(2)18(28-19)20(25)26/h4-7,10,13H,8-9H2,1-3H3,(H,22,24)(H,25,26). The van der Waals surface area contributed by atoms with Gasteiger partial charge in [0.15, 0.2) is 11.7 Å². The number of thiazole rings is 1. The van der Waals surface area contributed by atoms with Crippen LogP contribution in [0.2, 0.25) is 0 Å². The fraction of sp³-hybridized carbons (Fsp3) is 0.300. The lowest BCUT2D eigenvalue weighted by molar-refractivity contribution is -0.121. The maximum Gasteiger partial charge on any atom is 0.347 e.